The van der Waals surface area contributed by atoms with E-state index < -0.39 is 18.2 Å². The molecule has 2 aromatic rings. The minimum Gasteiger partial charge on any atom is -0.433 e. The highest BCUT2D eigenvalue weighted by atomic mass is 19.1. The standard InChI is InChI=1S/C20H17FN2O4/c21-13-7-5-12(6-8-13)11-22-18(25)16-9-10-17(24)23(16)19-14-3-1-2-4-15(14)20(26)27-19/h1-8,16,19H,9-11H2,(H,22,25)/t16-,19+/m1/s1. The van der Waals surface area contributed by atoms with Gasteiger partial charge in [0.1, 0.15) is 11.9 Å². The van der Waals surface area contributed by atoms with Gasteiger partial charge in [-0.3, -0.25) is 14.5 Å². The van der Waals surface area contributed by atoms with Crippen LogP contribution in [0.3, 0.4) is 0 Å². The number of amides is 2. The first-order chi connectivity index (χ1) is 13.0. The predicted molar refractivity (Wildman–Crippen MR) is 92.7 cm³/mol. The number of carbonyl (C=O) groups excluding carboxylic acids is 3. The Morgan fingerprint density at radius 1 is 1.15 bits per heavy atom. The fourth-order valence-corrected chi connectivity index (χ4v) is 3.50. The van der Waals surface area contributed by atoms with Crippen molar-refractivity contribution in [3.05, 3.63) is 71.0 Å². The maximum atomic E-state index is 13.0. The number of nitrogens with zero attached hydrogens (tertiary/aromatic N) is 1. The highest BCUT2D eigenvalue weighted by Crippen LogP contribution is 2.38. The van der Waals surface area contributed by atoms with E-state index in [0.717, 1.165) is 5.56 Å². The van der Waals surface area contributed by atoms with Crippen LogP contribution in [0.4, 0.5) is 4.39 Å². The lowest BCUT2D eigenvalue weighted by Gasteiger charge is -2.29. The molecular formula is C20H17FN2O4. The Bertz CT molecular complexity index is 912. The van der Waals surface area contributed by atoms with Crippen molar-refractivity contribution in [1.29, 1.82) is 0 Å². The van der Waals surface area contributed by atoms with Gasteiger partial charge in [0.05, 0.1) is 5.56 Å². The van der Waals surface area contributed by atoms with E-state index in [0.29, 0.717) is 17.5 Å². The van der Waals surface area contributed by atoms with E-state index in [9.17, 15) is 18.8 Å². The molecule has 27 heavy (non-hydrogen) atoms. The zero-order valence-electron chi connectivity index (χ0n) is 14.4. The molecule has 0 saturated carbocycles. The maximum absolute atomic E-state index is 13.0. The molecule has 2 atom stereocenters. The smallest absolute Gasteiger partial charge is 0.340 e. The highest BCUT2D eigenvalue weighted by molar-refractivity contribution is 5.96. The molecule has 2 heterocycles. The van der Waals surface area contributed by atoms with E-state index in [1.807, 2.05) is 0 Å². The Kier molecular flexibility index (Phi) is 4.35. The molecule has 0 bridgehead atoms. The third-order valence-electron chi connectivity index (χ3n) is 4.86. The quantitative estimate of drug-likeness (QED) is 0.841. The number of benzene rings is 2. The first kappa shape index (κ1) is 17.2. The molecule has 4 rings (SSSR count). The molecule has 0 spiro atoms. The molecule has 1 saturated heterocycles. The van der Waals surface area contributed by atoms with Crippen LogP contribution in [0.2, 0.25) is 0 Å². The zero-order chi connectivity index (χ0) is 19.0. The van der Waals surface area contributed by atoms with Crippen molar-refractivity contribution in [1.82, 2.24) is 10.2 Å². The Balaban J connectivity index is 1.51. The van der Waals surface area contributed by atoms with Crippen molar-refractivity contribution >= 4 is 17.8 Å². The van der Waals surface area contributed by atoms with Gasteiger partial charge in [-0.1, -0.05) is 30.3 Å². The second kappa shape index (κ2) is 6.83. The summed E-state index contributed by atoms with van der Waals surface area (Å²) < 4.78 is 18.4. The molecule has 2 aromatic carbocycles. The lowest BCUT2D eigenvalue weighted by Crippen LogP contribution is -2.46. The SMILES string of the molecule is O=C1O[C@H](N2C(=O)CC[C@@H]2C(=O)NCc2ccc(F)cc2)c2ccccc21. The van der Waals surface area contributed by atoms with Crippen molar-refractivity contribution < 1.29 is 23.5 Å². The fraction of sp³-hybridized carbons (Fsp3) is 0.250. The van der Waals surface area contributed by atoms with Crippen LogP contribution >= 0.6 is 0 Å². The maximum Gasteiger partial charge on any atom is 0.340 e. The third-order valence-corrected chi connectivity index (χ3v) is 4.86. The molecule has 0 unspecified atom stereocenters. The van der Waals surface area contributed by atoms with E-state index in [4.69, 9.17) is 4.74 Å². The van der Waals surface area contributed by atoms with Gasteiger partial charge in [0, 0.05) is 18.5 Å². The largest absolute Gasteiger partial charge is 0.433 e. The van der Waals surface area contributed by atoms with Crippen LogP contribution in [-0.2, 0) is 20.9 Å². The molecule has 2 aliphatic heterocycles. The molecule has 6 nitrogen and oxygen atoms in total. The Labute approximate surface area is 154 Å². The third kappa shape index (κ3) is 3.16. The first-order valence-electron chi connectivity index (χ1n) is 8.68. The number of esters is 1. The van der Waals surface area contributed by atoms with Crippen LogP contribution in [0, 0.1) is 5.82 Å². The van der Waals surface area contributed by atoms with Crippen LogP contribution in [0.25, 0.3) is 0 Å². The van der Waals surface area contributed by atoms with E-state index in [1.54, 1.807) is 36.4 Å². The fourth-order valence-electron chi connectivity index (χ4n) is 3.50. The Hall–Kier alpha value is -3.22. The van der Waals surface area contributed by atoms with Crippen LogP contribution < -0.4 is 5.32 Å². The molecule has 1 N–H and O–H groups in total. The van der Waals surface area contributed by atoms with Crippen molar-refractivity contribution in [3.8, 4) is 0 Å². The number of nitrogens with one attached hydrogen (secondary N) is 1. The monoisotopic (exact) mass is 368 g/mol. The number of hydrogen-bond acceptors (Lipinski definition) is 4. The lowest BCUT2D eigenvalue weighted by atomic mass is 10.1. The second-order valence-corrected chi connectivity index (χ2v) is 6.54. The number of fused-ring (bicyclic) bond motifs is 1. The summed E-state index contributed by atoms with van der Waals surface area (Å²) >= 11 is 0. The van der Waals surface area contributed by atoms with Gasteiger partial charge in [-0.15, -0.1) is 0 Å². The molecule has 0 aromatic heterocycles. The highest BCUT2D eigenvalue weighted by Gasteiger charge is 2.46. The number of likely N-dealkylation sites (tertiary alicyclic amines) is 1. The summed E-state index contributed by atoms with van der Waals surface area (Å²) in [5.74, 6) is -1.41. The average Bonchev–Trinajstić information content (AvgIpc) is 3.21. The normalized spacial score (nSPS) is 21.1. The van der Waals surface area contributed by atoms with Crippen LogP contribution in [0.15, 0.2) is 48.5 Å². The van der Waals surface area contributed by atoms with Crippen LogP contribution in [0.1, 0.15) is 40.6 Å². The van der Waals surface area contributed by atoms with Gasteiger partial charge in [0.25, 0.3) is 0 Å². The Morgan fingerprint density at radius 2 is 1.89 bits per heavy atom. The van der Waals surface area contributed by atoms with Crippen molar-refractivity contribution in [3.63, 3.8) is 0 Å². The first-order valence-corrected chi connectivity index (χ1v) is 8.68. The van der Waals surface area contributed by atoms with Gasteiger partial charge >= 0.3 is 5.97 Å². The molecular weight excluding hydrogens is 351 g/mol. The summed E-state index contributed by atoms with van der Waals surface area (Å²) in [6.45, 7) is 0.221. The van der Waals surface area contributed by atoms with Crippen molar-refractivity contribution in [2.24, 2.45) is 0 Å². The number of cyclic esters (lactones) is 1. The molecule has 0 aliphatic carbocycles. The summed E-state index contributed by atoms with van der Waals surface area (Å²) in [5, 5.41) is 2.77. The van der Waals surface area contributed by atoms with Gasteiger partial charge in [-0.25, -0.2) is 9.18 Å². The second-order valence-electron chi connectivity index (χ2n) is 6.54. The molecule has 7 heteroatoms. The van der Waals surface area contributed by atoms with Gasteiger partial charge in [-0.05, 0) is 30.2 Å². The number of ether oxygens (including phenoxy) is 1. The van der Waals surface area contributed by atoms with Crippen LogP contribution in [0.5, 0.6) is 0 Å². The summed E-state index contributed by atoms with van der Waals surface area (Å²) in [7, 11) is 0. The van der Waals surface area contributed by atoms with E-state index in [1.165, 1.54) is 17.0 Å². The number of hydrogen-bond donors (Lipinski definition) is 1. The summed E-state index contributed by atoms with van der Waals surface area (Å²) in [6.07, 6.45) is -0.319. The number of halogens is 1. The lowest BCUT2D eigenvalue weighted by molar-refractivity contribution is -0.145. The van der Waals surface area contributed by atoms with Crippen LogP contribution in [-0.4, -0.2) is 28.7 Å². The van der Waals surface area contributed by atoms with Gasteiger partial charge in [-0.2, -0.15) is 0 Å². The summed E-state index contributed by atoms with van der Waals surface area (Å²) in [5.41, 5.74) is 1.75. The molecule has 2 amide bonds. The van der Waals surface area contributed by atoms with E-state index in [-0.39, 0.29) is 30.6 Å². The number of carbonyl (C=O) groups is 3. The molecule has 138 valence electrons. The summed E-state index contributed by atoms with van der Waals surface area (Å²) in [6, 6.07) is 11.9. The Morgan fingerprint density at radius 3 is 2.67 bits per heavy atom. The topological polar surface area (TPSA) is 75.7 Å². The number of rotatable bonds is 4. The van der Waals surface area contributed by atoms with Crippen molar-refractivity contribution in [2.75, 3.05) is 0 Å². The van der Waals surface area contributed by atoms with Gasteiger partial charge in [0.15, 0.2) is 0 Å². The predicted octanol–water partition coefficient (Wildman–Crippen LogP) is 2.30. The van der Waals surface area contributed by atoms with E-state index >= 15 is 0 Å². The minimum absolute atomic E-state index is 0.213. The zero-order valence-corrected chi connectivity index (χ0v) is 14.4. The average molecular weight is 368 g/mol. The van der Waals surface area contributed by atoms with E-state index in [2.05, 4.69) is 5.32 Å². The van der Waals surface area contributed by atoms with Gasteiger partial charge < -0.3 is 10.1 Å². The van der Waals surface area contributed by atoms with Crippen molar-refractivity contribution in [2.45, 2.75) is 31.7 Å². The molecule has 1 fully saturated rings. The molecule has 0 radical (unpaired) electrons. The minimum atomic E-state index is -0.884. The van der Waals surface area contributed by atoms with Gasteiger partial charge in [0.2, 0.25) is 18.0 Å². The molecule has 2 aliphatic rings. The summed E-state index contributed by atoms with van der Waals surface area (Å²) in [4.78, 5) is 38.5.